The predicted octanol–water partition coefficient (Wildman–Crippen LogP) is 0.602. The normalized spacial score (nSPS) is 26.8. The van der Waals surface area contributed by atoms with Crippen LogP contribution in [0.25, 0.3) is 0 Å². The van der Waals surface area contributed by atoms with Crippen LogP contribution in [0.3, 0.4) is 0 Å². The molecular weight excluding hydrogens is 192 g/mol. The highest BCUT2D eigenvalue weighted by Crippen LogP contribution is 2.20. The van der Waals surface area contributed by atoms with Gasteiger partial charge in [-0.3, -0.25) is 4.68 Å². The van der Waals surface area contributed by atoms with Crippen molar-refractivity contribution in [2.45, 2.75) is 44.4 Å². The van der Waals surface area contributed by atoms with Gasteiger partial charge >= 0.3 is 0 Å². The van der Waals surface area contributed by atoms with Crippen molar-refractivity contribution in [2.24, 2.45) is 12.8 Å². The summed E-state index contributed by atoms with van der Waals surface area (Å²) in [7, 11) is 1.88. The molecule has 0 aromatic carbocycles. The summed E-state index contributed by atoms with van der Waals surface area (Å²) in [5, 5.41) is 4.00. The monoisotopic (exact) mass is 210 g/mol. The van der Waals surface area contributed by atoms with E-state index in [9.17, 15) is 0 Å². The van der Waals surface area contributed by atoms with Gasteiger partial charge in [-0.2, -0.15) is 5.10 Å². The molecule has 1 saturated carbocycles. The average molecular weight is 210 g/mol. The molecule has 0 saturated heterocycles. The lowest BCUT2D eigenvalue weighted by molar-refractivity contribution is 0.00929. The minimum absolute atomic E-state index is 0.349. The number of aryl methyl sites for hydroxylation is 1. The lowest BCUT2D eigenvalue weighted by Gasteiger charge is -2.25. The van der Waals surface area contributed by atoms with Crippen molar-refractivity contribution in [3.8, 4) is 0 Å². The summed E-state index contributed by atoms with van der Waals surface area (Å²) >= 11 is 0. The Balaban J connectivity index is 1.77. The average Bonchev–Trinajstić information content (AvgIpc) is 2.63. The molecule has 1 aromatic heterocycles. The van der Waals surface area contributed by atoms with E-state index in [1.807, 2.05) is 7.05 Å². The smallest absolute Gasteiger partial charge is 0.152 e. The van der Waals surface area contributed by atoms with Gasteiger partial charge < -0.3 is 10.5 Å². The van der Waals surface area contributed by atoms with Crippen molar-refractivity contribution in [1.82, 2.24) is 14.8 Å². The highest BCUT2D eigenvalue weighted by molar-refractivity contribution is 4.81. The molecule has 0 amide bonds. The molecule has 1 aromatic rings. The highest BCUT2D eigenvalue weighted by atomic mass is 16.5. The first-order valence-corrected chi connectivity index (χ1v) is 5.46. The van der Waals surface area contributed by atoms with Gasteiger partial charge in [0.05, 0.1) is 6.10 Å². The number of nitrogens with zero attached hydrogens (tertiary/aromatic N) is 3. The number of aromatic nitrogens is 3. The van der Waals surface area contributed by atoms with E-state index in [1.54, 1.807) is 11.0 Å². The van der Waals surface area contributed by atoms with Gasteiger partial charge in [-0.25, -0.2) is 4.98 Å². The third kappa shape index (κ3) is 2.76. The van der Waals surface area contributed by atoms with Crippen LogP contribution in [-0.4, -0.2) is 26.9 Å². The molecule has 84 valence electrons. The lowest BCUT2D eigenvalue weighted by atomic mass is 9.94. The Morgan fingerprint density at radius 3 is 2.80 bits per heavy atom. The third-order valence-electron chi connectivity index (χ3n) is 2.97. The van der Waals surface area contributed by atoms with Gasteiger partial charge in [-0.15, -0.1) is 0 Å². The first kappa shape index (κ1) is 10.6. The van der Waals surface area contributed by atoms with Gasteiger partial charge in [0, 0.05) is 13.1 Å². The zero-order valence-electron chi connectivity index (χ0n) is 9.09. The first-order chi connectivity index (χ1) is 7.25. The summed E-state index contributed by atoms with van der Waals surface area (Å²) in [6, 6.07) is 0.375. The van der Waals surface area contributed by atoms with E-state index in [2.05, 4.69) is 10.1 Å². The number of ether oxygens (including phenoxy) is 1. The fourth-order valence-electron chi connectivity index (χ4n) is 1.90. The van der Waals surface area contributed by atoms with E-state index in [1.165, 1.54) is 0 Å². The first-order valence-electron chi connectivity index (χ1n) is 5.46. The second-order valence-electron chi connectivity index (χ2n) is 4.15. The molecule has 0 aliphatic heterocycles. The lowest BCUT2D eigenvalue weighted by Crippen LogP contribution is -2.30. The van der Waals surface area contributed by atoms with Crippen LogP contribution >= 0.6 is 0 Å². The number of rotatable bonds is 3. The summed E-state index contributed by atoms with van der Waals surface area (Å²) in [4.78, 5) is 4.12. The maximum Gasteiger partial charge on any atom is 0.152 e. The van der Waals surface area contributed by atoms with Crippen molar-refractivity contribution in [1.29, 1.82) is 0 Å². The van der Waals surface area contributed by atoms with Crippen LogP contribution in [0.4, 0.5) is 0 Å². The predicted molar refractivity (Wildman–Crippen MR) is 56.0 cm³/mol. The van der Waals surface area contributed by atoms with Gasteiger partial charge in [0.2, 0.25) is 0 Å². The van der Waals surface area contributed by atoms with E-state index in [-0.39, 0.29) is 0 Å². The zero-order valence-corrected chi connectivity index (χ0v) is 9.09. The zero-order chi connectivity index (χ0) is 10.7. The molecule has 1 aliphatic rings. The Morgan fingerprint density at radius 2 is 2.20 bits per heavy atom. The van der Waals surface area contributed by atoms with Crippen molar-refractivity contribution in [3.63, 3.8) is 0 Å². The largest absolute Gasteiger partial charge is 0.370 e. The van der Waals surface area contributed by atoms with E-state index in [4.69, 9.17) is 10.5 Å². The van der Waals surface area contributed by atoms with Crippen LogP contribution in [0.2, 0.25) is 0 Å². The third-order valence-corrected chi connectivity index (χ3v) is 2.97. The van der Waals surface area contributed by atoms with Gasteiger partial charge in [0.1, 0.15) is 12.9 Å². The molecule has 0 bridgehead atoms. The molecule has 1 aliphatic carbocycles. The van der Waals surface area contributed by atoms with Gasteiger partial charge in [-0.1, -0.05) is 0 Å². The van der Waals surface area contributed by atoms with E-state index in [0.29, 0.717) is 18.8 Å². The number of hydrogen-bond donors (Lipinski definition) is 1. The summed E-state index contributed by atoms with van der Waals surface area (Å²) in [6.45, 7) is 0.552. The Labute approximate surface area is 89.6 Å². The Morgan fingerprint density at radius 1 is 1.47 bits per heavy atom. The molecule has 2 rings (SSSR count). The summed E-state index contributed by atoms with van der Waals surface area (Å²) in [5.41, 5.74) is 5.83. The minimum atomic E-state index is 0.349. The van der Waals surface area contributed by atoms with E-state index >= 15 is 0 Å². The molecule has 5 nitrogen and oxygen atoms in total. The van der Waals surface area contributed by atoms with Crippen LogP contribution in [0.5, 0.6) is 0 Å². The molecule has 0 radical (unpaired) electrons. The topological polar surface area (TPSA) is 66.0 Å². The molecule has 15 heavy (non-hydrogen) atoms. The molecule has 5 heteroatoms. The second kappa shape index (κ2) is 4.72. The van der Waals surface area contributed by atoms with E-state index < -0.39 is 0 Å². The molecule has 1 fully saturated rings. The van der Waals surface area contributed by atoms with Crippen LogP contribution in [0, 0.1) is 0 Å². The maximum atomic E-state index is 5.83. The van der Waals surface area contributed by atoms with E-state index in [0.717, 1.165) is 31.5 Å². The standard InChI is InChI=1S/C10H18N4O/c1-14-10(12-7-13-14)6-15-9-4-2-8(11)3-5-9/h7-9H,2-6,11H2,1H3. The summed E-state index contributed by atoms with van der Waals surface area (Å²) in [6.07, 6.45) is 6.18. The van der Waals surface area contributed by atoms with Crippen molar-refractivity contribution < 1.29 is 4.74 Å². The SMILES string of the molecule is Cn1ncnc1COC1CCC(N)CC1. The summed E-state index contributed by atoms with van der Waals surface area (Å²) < 4.78 is 7.52. The van der Waals surface area contributed by atoms with Gasteiger partial charge in [0.25, 0.3) is 0 Å². The fourth-order valence-corrected chi connectivity index (χ4v) is 1.90. The minimum Gasteiger partial charge on any atom is -0.370 e. The van der Waals surface area contributed by atoms with Gasteiger partial charge in [-0.05, 0) is 25.7 Å². The van der Waals surface area contributed by atoms with Crippen LogP contribution < -0.4 is 5.73 Å². The Kier molecular flexibility index (Phi) is 3.33. The maximum absolute atomic E-state index is 5.83. The summed E-state index contributed by atoms with van der Waals surface area (Å²) in [5.74, 6) is 0.880. The molecule has 1 heterocycles. The Hall–Kier alpha value is -0.940. The Bertz CT molecular complexity index is 304. The quantitative estimate of drug-likeness (QED) is 0.793. The number of hydrogen-bond acceptors (Lipinski definition) is 4. The molecule has 0 atom stereocenters. The number of nitrogens with two attached hydrogens (primary N) is 1. The second-order valence-corrected chi connectivity index (χ2v) is 4.15. The van der Waals surface area contributed by atoms with Crippen molar-refractivity contribution in [2.75, 3.05) is 0 Å². The van der Waals surface area contributed by atoms with Crippen molar-refractivity contribution in [3.05, 3.63) is 12.2 Å². The fraction of sp³-hybridized carbons (Fsp3) is 0.800. The van der Waals surface area contributed by atoms with Crippen LogP contribution in [-0.2, 0) is 18.4 Å². The van der Waals surface area contributed by atoms with Crippen molar-refractivity contribution >= 4 is 0 Å². The molecule has 2 N–H and O–H groups in total. The molecular formula is C10H18N4O. The highest BCUT2D eigenvalue weighted by Gasteiger charge is 2.19. The molecule has 0 spiro atoms. The van der Waals surface area contributed by atoms with Gasteiger partial charge in [0.15, 0.2) is 5.82 Å². The molecule has 0 unspecified atom stereocenters. The van der Waals surface area contributed by atoms with Crippen LogP contribution in [0.1, 0.15) is 31.5 Å². The van der Waals surface area contributed by atoms with Crippen LogP contribution in [0.15, 0.2) is 6.33 Å².